The van der Waals surface area contributed by atoms with E-state index in [1.807, 2.05) is 18.2 Å². The molecular weight excluding hydrogens is 348 g/mol. The summed E-state index contributed by atoms with van der Waals surface area (Å²) in [6.07, 6.45) is 42.4. The van der Waals surface area contributed by atoms with Crippen molar-refractivity contribution in [1.82, 2.24) is 0 Å². The Morgan fingerprint density at radius 1 is 0.414 bits per heavy atom. The molecule has 0 aromatic rings. The second-order valence-corrected chi connectivity index (χ2v) is 8.54. The van der Waals surface area contributed by atoms with Crippen LogP contribution in [-0.4, -0.2) is 0 Å². The molecular formula is C29H51. The lowest BCUT2D eigenvalue weighted by Gasteiger charge is -2.03. The molecule has 0 saturated carbocycles. The molecule has 0 unspecified atom stereocenters. The predicted octanol–water partition coefficient (Wildman–Crippen LogP) is 10.5. The molecule has 0 fully saturated rings. The van der Waals surface area contributed by atoms with Crippen LogP contribution in [0.15, 0.2) is 42.5 Å². The van der Waals surface area contributed by atoms with E-state index >= 15 is 0 Å². The zero-order valence-corrected chi connectivity index (χ0v) is 19.8. The van der Waals surface area contributed by atoms with Gasteiger partial charge in [-0.15, -0.1) is 0 Å². The highest BCUT2D eigenvalue weighted by Crippen LogP contribution is 2.14. The molecule has 0 N–H and O–H groups in total. The number of allylic oxidation sites excluding steroid dienone is 7. The third-order valence-electron chi connectivity index (χ3n) is 5.67. The number of hydrogen-bond donors (Lipinski definition) is 0. The van der Waals surface area contributed by atoms with Crippen molar-refractivity contribution in [3.05, 3.63) is 49.1 Å². The molecule has 0 aromatic heterocycles. The maximum Gasteiger partial charge on any atom is -0.0348 e. The van der Waals surface area contributed by atoms with Crippen LogP contribution >= 0.6 is 0 Å². The molecule has 0 heterocycles. The Labute approximate surface area is 184 Å². The lowest BCUT2D eigenvalue weighted by molar-refractivity contribution is 0.523. The molecule has 167 valence electrons. The van der Waals surface area contributed by atoms with Gasteiger partial charge in [0.05, 0.1) is 0 Å². The molecule has 1 radical (unpaired) electrons. The molecule has 0 nitrogen and oxygen atoms in total. The summed E-state index contributed by atoms with van der Waals surface area (Å²) in [5.74, 6) is 0. The normalized spacial score (nSPS) is 12.0. The molecule has 0 saturated heterocycles. The van der Waals surface area contributed by atoms with Gasteiger partial charge in [-0.05, 0) is 12.8 Å². The summed E-state index contributed by atoms with van der Waals surface area (Å²) in [6, 6.07) is 0. The van der Waals surface area contributed by atoms with Gasteiger partial charge in [-0.25, -0.2) is 0 Å². The number of rotatable bonds is 23. The first-order valence-electron chi connectivity index (χ1n) is 12.9. The summed E-state index contributed by atoms with van der Waals surface area (Å²) in [5, 5.41) is 0. The molecule has 0 spiro atoms. The van der Waals surface area contributed by atoms with Crippen LogP contribution in [0.1, 0.15) is 135 Å². The van der Waals surface area contributed by atoms with E-state index in [0.29, 0.717) is 0 Å². The first kappa shape index (κ1) is 28.0. The summed E-state index contributed by atoms with van der Waals surface area (Å²) < 4.78 is 0. The Bertz CT molecular complexity index is 385. The first-order chi connectivity index (χ1) is 14.4. The molecule has 0 bridgehead atoms. The Morgan fingerprint density at radius 3 is 1.17 bits per heavy atom. The van der Waals surface area contributed by atoms with Crippen molar-refractivity contribution >= 4 is 0 Å². The van der Waals surface area contributed by atoms with E-state index < -0.39 is 0 Å². The second-order valence-electron chi connectivity index (χ2n) is 8.54. The van der Waals surface area contributed by atoms with Crippen molar-refractivity contribution in [2.24, 2.45) is 0 Å². The molecule has 0 rings (SSSR count). The summed E-state index contributed by atoms with van der Waals surface area (Å²) in [6.45, 7) is 7.56. The van der Waals surface area contributed by atoms with Gasteiger partial charge >= 0.3 is 0 Å². The van der Waals surface area contributed by atoms with Crippen molar-refractivity contribution < 1.29 is 0 Å². The molecule has 0 aliphatic rings. The molecule has 0 aromatic carbocycles. The van der Waals surface area contributed by atoms with Crippen LogP contribution in [0.3, 0.4) is 0 Å². The van der Waals surface area contributed by atoms with Crippen LogP contribution in [0, 0.1) is 6.58 Å². The lowest BCUT2D eigenvalue weighted by Crippen LogP contribution is -1.84. The molecule has 0 aliphatic heterocycles. The smallest absolute Gasteiger partial charge is 0.0348 e. The average Bonchev–Trinajstić information content (AvgIpc) is 2.74. The highest BCUT2D eigenvalue weighted by molar-refractivity contribution is 5.13. The third-order valence-corrected chi connectivity index (χ3v) is 5.67. The topological polar surface area (TPSA) is 0 Å². The van der Waals surface area contributed by atoms with Crippen molar-refractivity contribution in [2.75, 3.05) is 0 Å². The van der Waals surface area contributed by atoms with Gasteiger partial charge in [0, 0.05) is 0 Å². The standard InChI is InChI=1S/C29H51/c1-3-5-7-9-11-13-15-17-19-21-23-25-27-29-28-26-24-22-20-18-16-14-12-10-8-6-4-2/h1,3,5,7,9,11,13,15H,4,6,8,10,12,14,16-29H2,2H3. The fourth-order valence-corrected chi connectivity index (χ4v) is 3.77. The van der Waals surface area contributed by atoms with Crippen LogP contribution in [0.4, 0.5) is 0 Å². The summed E-state index contributed by atoms with van der Waals surface area (Å²) in [7, 11) is 0. The Morgan fingerprint density at radius 2 is 0.759 bits per heavy atom. The second kappa shape index (κ2) is 27.0. The fraction of sp³-hybridized carbons (Fsp3) is 0.724. The summed E-state index contributed by atoms with van der Waals surface area (Å²) in [4.78, 5) is 0. The van der Waals surface area contributed by atoms with Crippen molar-refractivity contribution in [2.45, 2.75) is 135 Å². The highest BCUT2D eigenvalue weighted by atomic mass is 14.0. The predicted molar refractivity (Wildman–Crippen MR) is 134 cm³/mol. The zero-order valence-electron chi connectivity index (χ0n) is 19.8. The third kappa shape index (κ3) is 27.0. The minimum absolute atomic E-state index is 1.20. The van der Waals surface area contributed by atoms with Crippen LogP contribution < -0.4 is 0 Å². The largest absolute Gasteiger partial charge is 0.0845 e. The molecule has 29 heavy (non-hydrogen) atoms. The highest BCUT2D eigenvalue weighted by Gasteiger charge is 1.95. The van der Waals surface area contributed by atoms with Crippen LogP contribution in [0.25, 0.3) is 0 Å². The van der Waals surface area contributed by atoms with Crippen molar-refractivity contribution in [3.8, 4) is 0 Å². The van der Waals surface area contributed by atoms with Gasteiger partial charge in [-0.2, -0.15) is 0 Å². The number of hydrogen-bond acceptors (Lipinski definition) is 0. The minimum atomic E-state index is 1.20. The van der Waals surface area contributed by atoms with Gasteiger partial charge in [0.2, 0.25) is 0 Å². The monoisotopic (exact) mass is 399 g/mol. The quantitative estimate of drug-likeness (QED) is 0.118. The first-order valence-corrected chi connectivity index (χ1v) is 12.9. The van der Waals surface area contributed by atoms with Crippen LogP contribution in [0.5, 0.6) is 0 Å². The van der Waals surface area contributed by atoms with E-state index in [1.54, 1.807) is 6.08 Å². The minimum Gasteiger partial charge on any atom is -0.0845 e. The fourth-order valence-electron chi connectivity index (χ4n) is 3.77. The average molecular weight is 400 g/mol. The van der Waals surface area contributed by atoms with Gasteiger partial charge in [-0.3, -0.25) is 0 Å². The molecule has 0 heteroatoms. The van der Waals surface area contributed by atoms with E-state index in [0.717, 1.165) is 0 Å². The summed E-state index contributed by atoms with van der Waals surface area (Å²) in [5.41, 5.74) is 0. The van der Waals surface area contributed by atoms with E-state index in [1.165, 1.54) is 128 Å². The van der Waals surface area contributed by atoms with Gasteiger partial charge in [0.25, 0.3) is 0 Å². The van der Waals surface area contributed by atoms with Crippen LogP contribution in [-0.2, 0) is 0 Å². The Balaban J connectivity index is 3.10. The van der Waals surface area contributed by atoms with E-state index in [9.17, 15) is 0 Å². The van der Waals surface area contributed by atoms with Gasteiger partial charge < -0.3 is 0 Å². The zero-order chi connectivity index (χ0) is 21.1. The number of unbranched alkanes of at least 4 members (excludes halogenated alkanes) is 19. The SMILES string of the molecule is [CH]=CC=CC=CC=CCCCCCCCCCCCCCCCCCCCCC. The van der Waals surface area contributed by atoms with E-state index in [2.05, 4.69) is 25.2 Å². The van der Waals surface area contributed by atoms with Gasteiger partial charge in [-0.1, -0.05) is 172 Å². The molecule has 0 aliphatic carbocycles. The van der Waals surface area contributed by atoms with Crippen molar-refractivity contribution in [1.29, 1.82) is 0 Å². The maximum absolute atomic E-state index is 5.26. The van der Waals surface area contributed by atoms with E-state index in [-0.39, 0.29) is 0 Å². The molecule has 0 atom stereocenters. The Hall–Kier alpha value is -1.04. The van der Waals surface area contributed by atoms with E-state index in [4.69, 9.17) is 6.58 Å². The van der Waals surface area contributed by atoms with Crippen molar-refractivity contribution in [3.63, 3.8) is 0 Å². The lowest BCUT2D eigenvalue weighted by atomic mass is 10.0. The summed E-state index contributed by atoms with van der Waals surface area (Å²) >= 11 is 0. The molecule has 0 amide bonds. The Kier molecular flexibility index (Phi) is 26.0. The van der Waals surface area contributed by atoms with Gasteiger partial charge in [0.1, 0.15) is 0 Å². The maximum atomic E-state index is 5.26. The van der Waals surface area contributed by atoms with Gasteiger partial charge in [0.15, 0.2) is 0 Å². The van der Waals surface area contributed by atoms with Crippen LogP contribution in [0.2, 0.25) is 0 Å².